The number of hydrogen-bond acceptors (Lipinski definition) is 5. The van der Waals surface area contributed by atoms with Crippen LogP contribution in [-0.2, 0) is 14.8 Å². The average Bonchev–Trinajstić information content (AvgIpc) is 2.56. The number of amides is 1. The van der Waals surface area contributed by atoms with Crippen molar-refractivity contribution in [3.8, 4) is 0 Å². The molecule has 138 valence electrons. The fraction of sp³-hybridized carbons (Fsp3) is 0.133. The monoisotopic (exact) mass is 461 g/mol. The molecule has 0 saturated heterocycles. The van der Waals surface area contributed by atoms with Crippen molar-refractivity contribution in [3.63, 3.8) is 0 Å². The van der Waals surface area contributed by atoms with Crippen molar-refractivity contribution < 1.29 is 18.1 Å². The molecule has 0 aliphatic rings. The number of sulfonamides is 1. The van der Waals surface area contributed by atoms with Crippen molar-refractivity contribution in [2.75, 3.05) is 11.9 Å². The van der Waals surface area contributed by atoms with Crippen LogP contribution >= 0.6 is 27.5 Å². The summed E-state index contributed by atoms with van der Waals surface area (Å²) in [6.07, 6.45) is -0.147. The van der Waals surface area contributed by atoms with Gasteiger partial charge in [0.1, 0.15) is 5.02 Å². The maximum atomic E-state index is 12.1. The van der Waals surface area contributed by atoms with Crippen LogP contribution in [0, 0.1) is 10.1 Å². The van der Waals surface area contributed by atoms with Gasteiger partial charge in [0.2, 0.25) is 15.9 Å². The van der Waals surface area contributed by atoms with Crippen molar-refractivity contribution in [3.05, 3.63) is 62.1 Å². The van der Waals surface area contributed by atoms with Crippen LogP contribution in [0.4, 0.5) is 11.4 Å². The van der Waals surface area contributed by atoms with E-state index in [1.54, 1.807) is 12.1 Å². The highest BCUT2D eigenvalue weighted by Gasteiger charge is 2.16. The molecule has 0 aliphatic carbocycles. The molecule has 8 nitrogen and oxygen atoms in total. The van der Waals surface area contributed by atoms with Crippen LogP contribution in [0.2, 0.25) is 5.02 Å². The van der Waals surface area contributed by atoms with Gasteiger partial charge >= 0.3 is 0 Å². The lowest BCUT2D eigenvalue weighted by Gasteiger charge is -2.08. The van der Waals surface area contributed by atoms with Gasteiger partial charge in [-0.15, -0.1) is 0 Å². The minimum atomic E-state index is -3.73. The van der Waals surface area contributed by atoms with E-state index >= 15 is 0 Å². The van der Waals surface area contributed by atoms with Crippen molar-refractivity contribution in [2.24, 2.45) is 0 Å². The number of hydrogen-bond donors (Lipinski definition) is 2. The predicted octanol–water partition coefficient (Wildman–Crippen LogP) is 3.32. The molecule has 0 aliphatic heterocycles. The van der Waals surface area contributed by atoms with Crippen LogP contribution in [0.1, 0.15) is 6.42 Å². The molecule has 11 heteroatoms. The third-order valence-electron chi connectivity index (χ3n) is 3.19. The number of nitro groups is 1. The highest BCUT2D eigenvalue weighted by molar-refractivity contribution is 9.10. The zero-order valence-corrected chi connectivity index (χ0v) is 16.3. The first kappa shape index (κ1) is 20.3. The van der Waals surface area contributed by atoms with Gasteiger partial charge < -0.3 is 5.32 Å². The molecule has 0 bridgehead atoms. The number of rotatable bonds is 7. The zero-order chi connectivity index (χ0) is 19.3. The number of halogens is 2. The van der Waals surface area contributed by atoms with Gasteiger partial charge in [-0.3, -0.25) is 14.9 Å². The van der Waals surface area contributed by atoms with E-state index in [0.29, 0.717) is 0 Å². The smallest absolute Gasteiger partial charge is 0.289 e. The Morgan fingerprint density at radius 2 is 1.85 bits per heavy atom. The molecule has 0 saturated carbocycles. The van der Waals surface area contributed by atoms with Crippen LogP contribution in [0.3, 0.4) is 0 Å². The Morgan fingerprint density at radius 3 is 2.46 bits per heavy atom. The van der Waals surface area contributed by atoms with E-state index in [2.05, 4.69) is 26.0 Å². The van der Waals surface area contributed by atoms with E-state index in [1.165, 1.54) is 24.3 Å². The number of carbonyl (C=O) groups excluding carboxylic acids is 1. The second-order valence-electron chi connectivity index (χ2n) is 5.07. The summed E-state index contributed by atoms with van der Waals surface area (Å²) in [4.78, 5) is 22.1. The SMILES string of the molecule is O=C(CCNS(=O)(=O)c1ccc(Br)cc1)Nc1ccc(Cl)c([N+](=O)[O-])c1. The third-order valence-corrected chi connectivity index (χ3v) is 5.52. The molecule has 1 amide bonds. The average molecular weight is 463 g/mol. The fourth-order valence-electron chi connectivity index (χ4n) is 1.95. The first-order chi connectivity index (χ1) is 12.2. The number of nitrogens with zero attached hydrogens (tertiary/aromatic N) is 1. The molecule has 2 aromatic rings. The van der Waals surface area contributed by atoms with Crippen molar-refractivity contribution in [2.45, 2.75) is 11.3 Å². The summed E-state index contributed by atoms with van der Waals surface area (Å²) < 4.78 is 27.2. The predicted molar refractivity (Wildman–Crippen MR) is 101 cm³/mol. The third kappa shape index (κ3) is 5.49. The maximum Gasteiger partial charge on any atom is 0.289 e. The minimum absolute atomic E-state index is 0.0461. The van der Waals surface area contributed by atoms with Gasteiger partial charge in [0.25, 0.3) is 5.69 Å². The van der Waals surface area contributed by atoms with Crippen molar-refractivity contribution in [1.82, 2.24) is 4.72 Å². The second-order valence-corrected chi connectivity index (χ2v) is 8.16. The van der Waals surface area contributed by atoms with E-state index in [4.69, 9.17) is 11.6 Å². The van der Waals surface area contributed by atoms with Gasteiger partial charge in [0, 0.05) is 29.2 Å². The summed E-state index contributed by atoms with van der Waals surface area (Å²) in [6, 6.07) is 9.89. The molecule has 0 fully saturated rings. The number of benzene rings is 2. The lowest BCUT2D eigenvalue weighted by Crippen LogP contribution is -2.27. The van der Waals surface area contributed by atoms with Crippen LogP contribution in [0.5, 0.6) is 0 Å². The summed E-state index contributed by atoms with van der Waals surface area (Å²) in [6.45, 7) is -0.125. The molecule has 0 spiro atoms. The Kier molecular flexibility index (Phi) is 6.70. The Hall–Kier alpha value is -2.01. The standard InChI is InChI=1S/C15H13BrClN3O5S/c16-10-1-4-12(5-2-10)26(24,25)18-8-7-15(21)19-11-3-6-13(17)14(9-11)20(22)23/h1-6,9,18H,7-8H2,(H,19,21). The van der Waals surface area contributed by atoms with Gasteiger partial charge in [0.15, 0.2) is 0 Å². The molecule has 0 radical (unpaired) electrons. The second kappa shape index (κ2) is 8.58. The van der Waals surface area contributed by atoms with Gasteiger partial charge in [-0.1, -0.05) is 27.5 Å². The molecular formula is C15H13BrClN3O5S. The topological polar surface area (TPSA) is 118 Å². The molecular weight excluding hydrogens is 450 g/mol. The highest BCUT2D eigenvalue weighted by Crippen LogP contribution is 2.27. The lowest BCUT2D eigenvalue weighted by atomic mass is 10.2. The van der Waals surface area contributed by atoms with E-state index in [9.17, 15) is 23.3 Å². The summed E-state index contributed by atoms with van der Waals surface area (Å²) >= 11 is 8.91. The van der Waals surface area contributed by atoms with Crippen molar-refractivity contribution >= 4 is 54.8 Å². The Balaban J connectivity index is 1.92. The summed E-state index contributed by atoms with van der Waals surface area (Å²) in [5.41, 5.74) is -0.137. The van der Waals surface area contributed by atoms with Gasteiger partial charge in [-0.25, -0.2) is 13.1 Å². The fourth-order valence-corrected chi connectivity index (χ4v) is 3.43. The number of nitro benzene ring substituents is 1. The zero-order valence-electron chi connectivity index (χ0n) is 13.1. The molecule has 0 heterocycles. The van der Waals surface area contributed by atoms with Crippen LogP contribution in [0.15, 0.2) is 51.8 Å². The first-order valence-electron chi connectivity index (χ1n) is 7.18. The van der Waals surface area contributed by atoms with E-state index in [0.717, 1.165) is 10.5 Å². The van der Waals surface area contributed by atoms with Gasteiger partial charge in [-0.05, 0) is 36.4 Å². The normalized spacial score (nSPS) is 11.2. The minimum Gasteiger partial charge on any atom is -0.326 e. The molecule has 0 unspecified atom stereocenters. The molecule has 0 atom stereocenters. The van der Waals surface area contributed by atoms with Crippen molar-refractivity contribution in [1.29, 1.82) is 0 Å². The quantitative estimate of drug-likeness (QED) is 0.483. The molecule has 2 N–H and O–H groups in total. The van der Waals surface area contributed by atoms with Crippen LogP contribution in [-0.4, -0.2) is 25.8 Å². The largest absolute Gasteiger partial charge is 0.326 e. The molecule has 2 aromatic carbocycles. The van der Waals surface area contributed by atoms with E-state index in [-0.39, 0.29) is 34.3 Å². The van der Waals surface area contributed by atoms with Gasteiger partial charge in [-0.2, -0.15) is 0 Å². The summed E-state index contributed by atoms with van der Waals surface area (Å²) in [5, 5.41) is 13.2. The van der Waals surface area contributed by atoms with E-state index in [1.807, 2.05) is 0 Å². The van der Waals surface area contributed by atoms with Crippen LogP contribution < -0.4 is 10.0 Å². The Labute approximate surface area is 162 Å². The Bertz CT molecular complexity index is 935. The molecule has 26 heavy (non-hydrogen) atoms. The Morgan fingerprint density at radius 1 is 1.19 bits per heavy atom. The maximum absolute atomic E-state index is 12.1. The number of anilines is 1. The molecule has 2 rings (SSSR count). The first-order valence-corrected chi connectivity index (χ1v) is 9.83. The summed E-state index contributed by atoms with van der Waals surface area (Å²) in [7, 11) is -3.73. The number of carbonyl (C=O) groups is 1. The number of nitrogens with one attached hydrogen (secondary N) is 2. The summed E-state index contributed by atoms with van der Waals surface area (Å²) in [5.74, 6) is -0.500. The molecule has 0 aromatic heterocycles. The van der Waals surface area contributed by atoms with E-state index < -0.39 is 20.9 Å². The highest BCUT2D eigenvalue weighted by atomic mass is 79.9. The van der Waals surface area contributed by atoms with Crippen LogP contribution in [0.25, 0.3) is 0 Å². The lowest BCUT2D eigenvalue weighted by molar-refractivity contribution is -0.384. The van der Waals surface area contributed by atoms with Gasteiger partial charge in [0.05, 0.1) is 9.82 Å².